The summed E-state index contributed by atoms with van der Waals surface area (Å²) in [7, 11) is 0. The van der Waals surface area contributed by atoms with Crippen molar-refractivity contribution < 1.29 is 4.74 Å². The van der Waals surface area contributed by atoms with E-state index in [1.165, 1.54) is 0 Å². The van der Waals surface area contributed by atoms with E-state index in [0.29, 0.717) is 12.6 Å². The highest BCUT2D eigenvalue weighted by atomic mass is 16.5. The monoisotopic (exact) mass is 180 g/mol. The van der Waals surface area contributed by atoms with Gasteiger partial charge in [-0.2, -0.15) is 0 Å². The highest BCUT2D eigenvalue weighted by Crippen LogP contribution is 2.14. The molecule has 0 aliphatic rings. The summed E-state index contributed by atoms with van der Waals surface area (Å²) in [6.45, 7) is 6.81. The van der Waals surface area contributed by atoms with Crippen molar-refractivity contribution in [2.75, 3.05) is 11.9 Å². The first-order valence-electron chi connectivity index (χ1n) is 4.57. The van der Waals surface area contributed by atoms with Crippen molar-refractivity contribution in [2.45, 2.75) is 26.8 Å². The molecule has 0 aliphatic heterocycles. The third kappa shape index (κ3) is 3.32. The van der Waals surface area contributed by atoms with Crippen molar-refractivity contribution in [3.05, 3.63) is 18.3 Å². The SMILES string of the molecule is CCOc1ccnc(NC(C)C)c1. The molecule has 1 rings (SSSR count). The number of hydrogen-bond acceptors (Lipinski definition) is 3. The molecule has 0 amide bonds. The second kappa shape index (κ2) is 4.70. The second-order valence-corrected chi connectivity index (χ2v) is 3.11. The standard InChI is InChI=1S/C10H16N2O/c1-4-13-9-5-6-11-10(7-9)12-8(2)3/h5-8H,4H2,1-3H3,(H,11,12). The average molecular weight is 180 g/mol. The molecular formula is C10H16N2O. The zero-order valence-corrected chi connectivity index (χ0v) is 8.37. The van der Waals surface area contributed by atoms with Crippen LogP contribution in [0.1, 0.15) is 20.8 Å². The smallest absolute Gasteiger partial charge is 0.129 e. The Kier molecular flexibility index (Phi) is 3.55. The second-order valence-electron chi connectivity index (χ2n) is 3.11. The molecule has 72 valence electrons. The number of aromatic nitrogens is 1. The van der Waals surface area contributed by atoms with Crippen LogP contribution in [0, 0.1) is 0 Å². The first-order chi connectivity index (χ1) is 6.22. The van der Waals surface area contributed by atoms with E-state index in [1.54, 1.807) is 6.20 Å². The maximum atomic E-state index is 5.35. The van der Waals surface area contributed by atoms with E-state index in [1.807, 2.05) is 19.1 Å². The molecule has 1 N–H and O–H groups in total. The van der Waals surface area contributed by atoms with Gasteiger partial charge in [0.1, 0.15) is 11.6 Å². The fraction of sp³-hybridized carbons (Fsp3) is 0.500. The molecule has 13 heavy (non-hydrogen) atoms. The highest BCUT2D eigenvalue weighted by Gasteiger charge is 1.98. The van der Waals surface area contributed by atoms with Crippen molar-refractivity contribution in [2.24, 2.45) is 0 Å². The lowest BCUT2D eigenvalue weighted by Crippen LogP contribution is -2.10. The third-order valence-corrected chi connectivity index (χ3v) is 1.48. The van der Waals surface area contributed by atoms with Crippen molar-refractivity contribution in [3.63, 3.8) is 0 Å². The Labute approximate surface area is 79.1 Å². The van der Waals surface area contributed by atoms with Gasteiger partial charge in [-0.15, -0.1) is 0 Å². The van der Waals surface area contributed by atoms with Crippen LogP contribution in [0.25, 0.3) is 0 Å². The van der Waals surface area contributed by atoms with Crippen molar-refractivity contribution in [1.82, 2.24) is 4.98 Å². The third-order valence-electron chi connectivity index (χ3n) is 1.48. The number of nitrogens with zero attached hydrogens (tertiary/aromatic N) is 1. The molecule has 0 saturated heterocycles. The quantitative estimate of drug-likeness (QED) is 0.772. The molecule has 3 heteroatoms. The Bertz CT molecular complexity index is 261. The summed E-state index contributed by atoms with van der Waals surface area (Å²) in [6.07, 6.45) is 1.75. The van der Waals surface area contributed by atoms with Crippen molar-refractivity contribution >= 4 is 5.82 Å². The number of anilines is 1. The van der Waals surface area contributed by atoms with Crippen LogP contribution in [-0.2, 0) is 0 Å². The molecule has 0 aliphatic carbocycles. The summed E-state index contributed by atoms with van der Waals surface area (Å²) >= 11 is 0. The van der Waals surface area contributed by atoms with E-state index in [0.717, 1.165) is 11.6 Å². The number of rotatable bonds is 4. The summed E-state index contributed by atoms with van der Waals surface area (Å²) < 4.78 is 5.35. The predicted molar refractivity (Wildman–Crippen MR) is 54.2 cm³/mol. The summed E-state index contributed by atoms with van der Waals surface area (Å²) in [5, 5.41) is 3.21. The van der Waals surface area contributed by atoms with Gasteiger partial charge in [0.25, 0.3) is 0 Å². The van der Waals surface area contributed by atoms with Crippen LogP contribution < -0.4 is 10.1 Å². The summed E-state index contributed by atoms with van der Waals surface area (Å²) in [4.78, 5) is 4.17. The Morgan fingerprint density at radius 3 is 2.92 bits per heavy atom. The Morgan fingerprint density at radius 2 is 2.31 bits per heavy atom. The van der Waals surface area contributed by atoms with E-state index in [4.69, 9.17) is 4.74 Å². The molecular weight excluding hydrogens is 164 g/mol. The fourth-order valence-electron chi connectivity index (χ4n) is 1.04. The molecule has 1 heterocycles. The predicted octanol–water partition coefficient (Wildman–Crippen LogP) is 2.30. The van der Waals surface area contributed by atoms with Gasteiger partial charge in [-0.05, 0) is 26.8 Å². The summed E-state index contributed by atoms with van der Waals surface area (Å²) in [6, 6.07) is 4.16. The maximum absolute atomic E-state index is 5.35. The largest absolute Gasteiger partial charge is 0.494 e. The van der Waals surface area contributed by atoms with Gasteiger partial charge >= 0.3 is 0 Å². The minimum Gasteiger partial charge on any atom is -0.494 e. The van der Waals surface area contributed by atoms with Gasteiger partial charge in [0.05, 0.1) is 6.61 Å². The van der Waals surface area contributed by atoms with Gasteiger partial charge in [0.15, 0.2) is 0 Å². The van der Waals surface area contributed by atoms with Gasteiger partial charge < -0.3 is 10.1 Å². The lowest BCUT2D eigenvalue weighted by atomic mass is 10.3. The summed E-state index contributed by atoms with van der Waals surface area (Å²) in [5.41, 5.74) is 0. The lowest BCUT2D eigenvalue weighted by molar-refractivity contribution is 0.340. The van der Waals surface area contributed by atoms with Crippen LogP contribution in [-0.4, -0.2) is 17.6 Å². The van der Waals surface area contributed by atoms with E-state index in [-0.39, 0.29) is 0 Å². The van der Waals surface area contributed by atoms with Crippen LogP contribution in [0.15, 0.2) is 18.3 Å². The number of hydrogen-bond donors (Lipinski definition) is 1. The van der Waals surface area contributed by atoms with E-state index >= 15 is 0 Å². The zero-order valence-electron chi connectivity index (χ0n) is 8.37. The van der Waals surface area contributed by atoms with Gasteiger partial charge in [-0.1, -0.05) is 0 Å². The number of ether oxygens (including phenoxy) is 1. The zero-order chi connectivity index (χ0) is 9.68. The molecule has 0 bridgehead atoms. The molecule has 0 unspecified atom stereocenters. The number of nitrogens with one attached hydrogen (secondary N) is 1. The van der Waals surface area contributed by atoms with Gasteiger partial charge in [-0.25, -0.2) is 4.98 Å². The highest BCUT2D eigenvalue weighted by molar-refractivity contribution is 5.41. The topological polar surface area (TPSA) is 34.1 Å². The normalized spacial score (nSPS) is 10.2. The number of pyridine rings is 1. The minimum absolute atomic E-state index is 0.393. The fourth-order valence-corrected chi connectivity index (χ4v) is 1.04. The molecule has 0 atom stereocenters. The molecule has 3 nitrogen and oxygen atoms in total. The van der Waals surface area contributed by atoms with Crippen LogP contribution >= 0.6 is 0 Å². The summed E-state index contributed by atoms with van der Waals surface area (Å²) in [5.74, 6) is 1.72. The van der Waals surface area contributed by atoms with Crippen LogP contribution in [0.2, 0.25) is 0 Å². The van der Waals surface area contributed by atoms with Crippen LogP contribution in [0.5, 0.6) is 5.75 Å². The van der Waals surface area contributed by atoms with Crippen molar-refractivity contribution in [3.8, 4) is 5.75 Å². The molecule has 0 radical (unpaired) electrons. The Hall–Kier alpha value is -1.25. The molecule has 0 saturated carbocycles. The molecule has 0 fully saturated rings. The minimum atomic E-state index is 0.393. The first kappa shape index (κ1) is 9.84. The molecule has 0 aromatic carbocycles. The molecule has 1 aromatic heterocycles. The average Bonchev–Trinajstić information content (AvgIpc) is 2.04. The Morgan fingerprint density at radius 1 is 1.54 bits per heavy atom. The van der Waals surface area contributed by atoms with Gasteiger partial charge in [0, 0.05) is 18.3 Å². The Balaban J connectivity index is 2.67. The maximum Gasteiger partial charge on any atom is 0.129 e. The van der Waals surface area contributed by atoms with E-state index in [9.17, 15) is 0 Å². The van der Waals surface area contributed by atoms with Crippen LogP contribution in [0.4, 0.5) is 5.82 Å². The lowest BCUT2D eigenvalue weighted by Gasteiger charge is -2.09. The van der Waals surface area contributed by atoms with Crippen LogP contribution in [0.3, 0.4) is 0 Å². The van der Waals surface area contributed by atoms with Gasteiger partial charge in [0.2, 0.25) is 0 Å². The molecule has 0 spiro atoms. The molecule has 1 aromatic rings. The first-order valence-corrected chi connectivity index (χ1v) is 4.57. The van der Waals surface area contributed by atoms with Crippen molar-refractivity contribution in [1.29, 1.82) is 0 Å². The van der Waals surface area contributed by atoms with Gasteiger partial charge in [-0.3, -0.25) is 0 Å². The van der Waals surface area contributed by atoms with E-state index < -0.39 is 0 Å². The van der Waals surface area contributed by atoms with E-state index in [2.05, 4.69) is 24.1 Å².